The molecule has 0 saturated carbocycles. The van der Waals surface area contributed by atoms with Crippen LogP contribution in [0.25, 0.3) is 0 Å². The first-order chi connectivity index (χ1) is 9.17. The highest BCUT2D eigenvalue weighted by molar-refractivity contribution is 5.76. The van der Waals surface area contributed by atoms with E-state index in [1.807, 2.05) is 6.92 Å². The summed E-state index contributed by atoms with van der Waals surface area (Å²) in [7, 11) is 0. The number of nitrogens with two attached hydrogens (primary N) is 1. The van der Waals surface area contributed by atoms with Gasteiger partial charge in [-0.25, -0.2) is 0 Å². The van der Waals surface area contributed by atoms with Crippen LogP contribution in [-0.4, -0.2) is 30.5 Å². The molecule has 0 spiro atoms. The molecular weight excluding hydrogens is 240 g/mol. The van der Waals surface area contributed by atoms with Crippen LogP contribution < -0.4 is 10.5 Å². The van der Waals surface area contributed by atoms with Crippen molar-refractivity contribution in [3.05, 3.63) is 36.9 Å². The lowest BCUT2D eigenvalue weighted by atomic mass is 10.3. The van der Waals surface area contributed by atoms with Crippen LogP contribution in [0.5, 0.6) is 5.75 Å². The van der Waals surface area contributed by atoms with E-state index in [0.717, 1.165) is 18.7 Å². The van der Waals surface area contributed by atoms with Crippen LogP contribution in [0.15, 0.2) is 36.9 Å². The lowest BCUT2D eigenvalue weighted by molar-refractivity contribution is -0.131. The van der Waals surface area contributed by atoms with Gasteiger partial charge in [0.2, 0.25) is 5.91 Å². The van der Waals surface area contributed by atoms with Crippen LogP contribution in [0.1, 0.15) is 19.8 Å². The topological polar surface area (TPSA) is 55.6 Å². The molecule has 1 aromatic rings. The molecule has 0 radical (unpaired) electrons. The minimum Gasteiger partial charge on any atom is -0.493 e. The van der Waals surface area contributed by atoms with Crippen LogP contribution >= 0.6 is 0 Å². The molecule has 0 aromatic heterocycles. The Morgan fingerprint density at radius 2 is 2.11 bits per heavy atom. The molecule has 19 heavy (non-hydrogen) atoms. The molecule has 1 rings (SSSR count). The standard InChI is InChI=1S/C15H22N2O2/c1-3-10-17(11-4-2)15(18)9-12-19-14-7-5-13(16)6-8-14/h3,5-8H,1,4,9-12,16H2,2H3. The van der Waals surface area contributed by atoms with E-state index < -0.39 is 0 Å². The summed E-state index contributed by atoms with van der Waals surface area (Å²) in [5.41, 5.74) is 6.28. The van der Waals surface area contributed by atoms with E-state index in [-0.39, 0.29) is 5.91 Å². The maximum atomic E-state index is 11.9. The highest BCUT2D eigenvalue weighted by Gasteiger charge is 2.10. The van der Waals surface area contributed by atoms with E-state index in [2.05, 4.69) is 6.58 Å². The number of anilines is 1. The Balaban J connectivity index is 2.36. The second kappa shape index (κ2) is 8.19. The highest BCUT2D eigenvalue weighted by Crippen LogP contribution is 2.13. The van der Waals surface area contributed by atoms with Crippen molar-refractivity contribution in [1.29, 1.82) is 0 Å². The second-order valence-electron chi connectivity index (χ2n) is 4.30. The van der Waals surface area contributed by atoms with Gasteiger partial charge in [0.05, 0.1) is 13.0 Å². The Kier molecular flexibility index (Phi) is 6.50. The Hall–Kier alpha value is -1.97. The molecule has 0 unspecified atom stereocenters. The third-order valence-electron chi connectivity index (χ3n) is 2.66. The van der Waals surface area contributed by atoms with Gasteiger partial charge < -0.3 is 15.4 Å². The first-order valence-corrected chi connectivity index (χ1v) is 6.54. The van der Waals surface area contributed by atoms with Crippen LogP contribution in [0.4, 0.5) is 5.69 Å². The van der Waals surface area contributed by atoms with Gasteiger partial charge in [0, 0.05) is 18.8 Å². The van der Waals surface area contributed by atoms with Crippen molar-refractivity contribution < 1.29 is 9.53 Å². The average Bonchev–Trinajstić information content (AvgIpc) is 2.40. The molecule has 1 amide bonds. The molecule has 4 nitrogen and oxygen atoms in total. The first-order valence-electron chi connectivity index (χ1n) is 6.54. The summed E-state index contributed by atoms with van der Waals surface area (Å²) >= 11 is 0. The molecule has 0 atom stereocenters. The van der Waals surface area contributed by atoms with E-state index in [4.69, 9.17) is 10.5 Å². The molecule has 4 heteroatoms. The fourth-order valence-corrected chi connectivity index (χ4v) is 1.72. The third kappa shape index (κ3) is 5.46. The fourth-order valence-electron chi connectivity index (χ4n) is 1.72. The minimum absolute atomic E-state index is 0.0946. The quantitative estimate of drug-likeness (QED) is 0.578. The van der Waals surface area contributed by atoms with Crippen molar-refractivity contribution in [3.63, 3.8) is 0 Å². The summed E-state index contributed by atoms with van der Waals surface area (Å²) in [5, 5.41) is 0. The van der Waals surface area contributed by atoms with Crippen LogP contribution in [0, 0.1) is 0 Å². The van der Waals surface area contributed by atoms with Crippen LogP contribution in [0.2, 0.25) is 0 Å². The smallest absolute Gasteiger partial charge is 0.226 e. The average molecular weight is 262 g/mol. The van der Waals surface area contributed by atoms with Gasteiger partial charge in [-0.1, -0.05) is 13.0 Å². The van der Waals surface area contributed by atoms with Crippen molar-refractivity contribution in [1.82, 2.24) is 4.90 Å². The van der Waals surface area contributed by atoms with Crippen molar-refractivity contribution >= 4 is 11.6 Å². The third-order valence-corrected chi connectivity index (χ3v) is 2.66. The summed E-state index contributed by atoms with van der Waals surface area (Å²) in [6.07, 6.45) is 3.06. The first kappa shape index (κ1) is 15.1. The zero-order valence-corrected chi connectivity index (χ0v) is 11.5. The van der Waals surface area contributed by atoms with E-state index in [1.54, 1.807) is 35.2 Å². The lowest BCUT2D eigenvalue weighted by Crippen LogP contribution is -2.32. The number of benzene rings is 1. The largest absolute Gasteiger partial charge is 0.493 e. The number of carbonyl (C=O) groups is 1. The van der Waals surface area contributed by atoms with Gasteiger partial charge in [-0.2, -0.15) is 0 Å². The van der Waals surface area contributed by atoms with E-state index >= 15 is 0 Å². The SMILES string of the molecule is C=CCN(CCC)C(=O)CCOc1ccc(N)cc1. The molecule has 1 aromatic carbocycles. The number of amides is 1. The van der Waals surface area contributed by atoms with E-state index in [0.29, 0.717) is 25.3 Å². The highest BCUT2D eigenvalue weighted by atomic mass is 16.5. The van der Waals surface area contributed by atoms with Gasteiger partial charge in [0.1, 0.15) is 5.75 Å². The van der Waals surface area contributed by atoms with E-state index in [1.165, 1.54) is 0 Å². The van der Waals surface area contributed by atoms with Crippen molar-refractivity contribution in [3.8, 4) is 5.75 Å². The van der Waals surface area contributed by atoms with Gasteiger partial charge in [-0.15, -0.1) is 6.58 Å². The Bertz CT molecular complexity index is 401. The number of rotatable bonds is 8. The van der Waals surface area contributed by atoms with Gasteiger partial charge in [-0.05, 0) is 30.7 Å². The number of hydrogen-bond donors (Lipinski definition) is 1. The maximum Gasteiger partial charge on any atom is 0.226 e. The predicted octanol–water partition coefficient (Wildman–Crippen LogP) is 2.46. The summed E-state index contributed by atoms with van der Waals surface area (Å²) in [5.74, 6) is 0.824. The zero-order chi connectivity index (χ0) is 14.1. The van der Waals surface area contributed by atoms with Crippen LogP contribution in [0.3, 0.4) is 0 Å². The number of hydrogen-bond acceptors (Lipinski definition) is 3. The Morgan fingerprint density at radius 3 is 2.68 bits per heavy atom. The minimum atomic E-state index is 0.0946. The molecule has 2 N–H and O–H groups in total. The molecule has 0 bridgehead atoms. The molecule has 0 fully saturated rings. The summed E-state index contributed by atoms with van der Waals surface area (Å²) in [6, 6.07) is 7.15. The molecule has 104 valence electrons. The fraction of sp³-hybridized carbons (Fsp3) is 0.400. The maximum absolute atomic E-state index is 11.9. The van der Waals surface area contributed by atoms with Gasteiger partial charge in [0.15, 0.2) is 0 Å². The Labute approximate surface area is 114 Å². The van der Waals surface area contributed by atoms with Crippen molar-refractivity contribution in [2.45, 2.75) is 19.8 Å². The number of nitrogen functional groups attached to an aromatic ring is 1. The second-order valence-corrected chi connectivity index (χ2v) is 4.30. The molecular formula is C15H22N2O2. The van der Waals surface area contributed by atoms with E-state index in [9.17, 15) is 4.79 Å². The van der Waals surface area contributed by atoms with Crippen LogP contribution in [-0.2, 0) is 4.79 Å². The number of ether oxygens (including phenoxy) is 1. The molecule has 0 saturated heterocycles. The van der Waals surface area contributed by atoms with Gasteiger partial charge in [0.25, 0.3) is 0 Å². The summed E-state index contributed by atoms with van der Waals surface area (Å²) in [4.78, 5) is 13.7. The van der Waals surface area contributed by atoms with Crippen molar-refractivity contribution in [2.75, 3.05) is 25.4 Å². The molecule has 0 aliphatic rings. The Morgan fingerprint density at radius 1 is 1.42 bits per heavy atom. The normalized spacial score (nSPS) is 9.95. The van der Waals surface area contributed by atoms with Gasteiger partial charge in [-0.3, -0.25) is 4.79 Å². The summed E-state index contributed by atoms with van der Waals surface area (Å²) in [6.45, 7) is 7.44. The number of carbonyl (C=O) groups excluding carboxylic acids is 1. The lowest BCUT2D eigenvalue weighted by Gasteiger charge is -2.20. The molecule has 0 aliphatic carbocycles. The zero-order valence-electron chi connectivity index (χ0n) is 11.5. The summed E-state index contributed by atoms with van der Waals surface area (Å²) < 4.78 is 5.51. The van der Waals surface area contributed by atoms with Gasteiger partial charge >= 0.3 is 0 Å². The predicted molar refractivity (Wildman–Crippen MR) is 78.0 cm³/mol. The monoisotopic (exact) mass is 262 g/mol. The molecule has 0 heterocycles. The molecule has 0 aliphatic heterocycles. The number of nitrogens with zero attached hydrogens (tertiary/aromatic N) is 1. The van der Waals surface area contributed by atoms with Crippen molar-refractivity contribution in [2.24, 2.45) is 0 Å².